The first kappa shape index (κ1) is 9.50. The van der Waals surface area contributed by atoms with Gasteiger partial charge in [0.1, 0.15) is 5.78 Å². The van der Waals surface area contributed by atoms with E-state index in [0.717, 1.165) is 0 Å². The molecule has 0 spiro atoms. The molecular weight excluding hydrogens is 148 g/mol. The molecule has 1 heteroatoms. The van der Waals surface area contributed by atoms with Crippen LogP contribution >= 0.6 is 0 Å². The van der Waals surface area contributed by atoms with Crippen LogP contribution in [0, 0.1) is 10.8 Å². The summed E-state index contributed by atoms with van der Waals surface area (Å²) in [5, 5.41) is 0. The van der Waals surface area contributed by atoms with E-state index in [1.165, 1.54) is 5.57 Å². The minimum Gasteiger partial charge on any atom is -0.299 e. The van der Waals surface area contributed by atoms with Gasteiger partial charge in [-0.1, -0.05) is 25.5 Å². The number of allylic oxidation sites excluding steroid dienone is 2. The quantitative estimate of drug-likeness (QED) is 0.506. The maximum absolute atomic E-state index is 11.7. The zero-order valence-electron chi connectivity index (χ0n) is 8.69. The van der Waals surface area contributed by atoms with E-state index in [2.05, 4.69) is 26.8 Å². The lowest BCUT2D eigenvalue weighted by atomic mass is 9.67. The molecule has 1 nitrogen and oxygen atoms in total. The van der Waals surface area contributed by atoms with Gasteiger partial charge in [0, 0.05) is 11.8 Å². The Morgan fingerprint density at radius 1 is 1.25 bits per heavy atom. The van der Waals surface area contributed by atoms with Gasteiger partial charge in [-0.25, -0.2) is 0 Å². The van der Waals surface area contributed by atoms with Gasteiger partial charge < -0.3 is 0 Å². The molecule has 0 N–H and O–H groups in total. The Hall–Kier alpha value is -0.590. The van der Waals surface area contributed by atoms with Crippen molar-refractivity contribution >= 4 is 5.78 Å². The second kappa shape index (κ2) is 2.45. The van der Waals surface area contributed by atoms with E-state index < -0.39 is 0 Å². The van der Waals surface area contributed by atoms with E-state index in [9.17, 15) is 4.79 Å². The molecule has 0 saturated heterocycles. The fourth-order valence-electron chi connectivity index (χ4n) is 1.67. The Morgan fingerprint density at radius 3 is 2.17 bits per heavy atom. The summed E-state index contributed by atoms with van der Waals surface area (Å²) in [6, 6.07) is 0. The van der Waals surface area contributed by atoms with Crippen LogP contribution in [0.5, 0.6) is 0 Å². The van der Waals surface area contributed by atoms with E-state index in [1.807, 2.05) is 13.8 Å². The molecule has 1 aliphatic carbocycles. The summed E-state index contributed by atoms with van der Waals surface area (Å²) in [6.07, 6.45) is 2.91. The summed E-state index contributed by atoms with van der Waals surface area (Å²) in [4.78, 5) is 11.7. The van der Waals surface area contributed by atoms with Gasteiger partial charge in [0.25, 0.3) is 0 Å². The number of Topliss-reactive ketones (excluding diaryl/α,β-unsaturated/α-hetero) is 1. The first-order valence-electron chi connectivity index (χ1n) is 4.49. The van der Waals surface area contributed by atoms with Crippen LogP contribution < -0.4 is 0 Å². The highest BCUT2D eigenvalue weighted by Gasteiger charge is 2.37. The molecule has 0 aromatic heterocycles. The van der Waals surface area contributed by atoms with Gasteiger partial charge in [0.2, 0.25) is 0 Å². The Balaban J connectivity index is 3.10. The highest BCUT2D eigenvalue weighted by Crippen LogP contribution is 2.40. The molecule has 0 radical (unpaired) electrons. The van der Waals surface area contributed by atoms with Crippen molar-refractivity contribution in [2.45, 2.75) is 41.0 Å². The molecule has 0 fully saturated rings. The normalized spacial score (nSPS) is 26.8. The molecule has 68 valence electrons. The first-order valence-corrected chi connectivity index (χ1v) is 4.49. The lowest BCUT2D eigenvalue weighted by molar-refractivity contribution is -0.127. The molecule has 0 unspecified atom stereocenters. The van der Waals surface area contributed by atoms with Crippen molar-refractivity contribution in [1.82, 2.24) is 0 Å². The zero-order valence-corrected chi connectivity index (χ0v) is 8.69. The maximum Gasteiger partial charge on any atom is 0.143 e. The predicted molar refractivity (Wildman–Crippen MR) is 50.9 cm³/mol. The van der Waals surface area contributed by atoms with Crippen molar-refractivity contribution < 1.29 is 4.79 Å². The Bertz CT molecular complexity index is 244. The molecule has 0 heterocycles. The maximum atomic E-state index is 11.7. The largest absolute Gasteiger partial charge is 0.299 e. The molecule has 12 heavy (non-hydrogen) atoms. The minimum absolute atomic E-state index is 0.0662. The van der Waals surface area contributed by atoms with Gasteiger partial charge in [-0.2, -0.15) is 0 Å². The standard InChI is InChI=1S/C11H18O/c1-8-6-10(2,3)7-9(12)11(8,4)5/h6H,7H2,1-5H3. The van der Waals surface area contributed by atoms with Crippen molar-refractivity contribution in [1.29, 1.82) is 0 Å². The summed E-state index contributed by atoms with van der Waals surface area (Å²) < 4.78 is 0. The van der Waals surface area contributed by atoms with Crippen LogP contribution in [0.15, 0.2) is 11.6 Å². The number of hydrogen-bond acceptors (Lipinski definition) is 1. The number of carbonyl (C=O) groups is 1. The SMILES string of the molecule is CC1=CC(C)(C)CC(=O)C1(C)C. The van der Waals surface area contributed by atoms with Crippen LogP contribution in [0.2, 0.25) is 0 Å². The van der Waals surface area contributed by atoms with Crippen molar-refractivity contribution in [2.24, 2.45) is 10.8 Å². The molecule has 0 saturated carbocycles. The Morgan fingerprint density at radius 2 is 1.75 bits per heavy atom. The summed E-state index contributed by atoms with van der Waals surface area (Å²) >= 11 is 0. The third-order valence-corrected chi connectivity index (χ3v) is 2.91. The third-order valence-electron chi connectivity index (χ3n) is 2.91. The van der Waals surface area contributed by atoms with Gasteiger partial charge in [-0.15, -0.1) is 0 Å². The molecule has 1 rings (SSSR count). The fraction of sp³-hybridized carbons (Fsp3) is 0.727. The molecule has 0 aliphatic heterocycles. The van der Waals surface area contributed by atoms with Crippen LogP contribution in [0.1, 0.15) is 41.0 Å². The van der Waals surface area contributed by atoms with Crippen LogP contribution in [0.25, 0.3) is 0 Å². The number of hydrogen-bond donors (Lipinski definition) is 0. The Labute approximate surface area is 74.9 Å². The molecule has 1 aliphatic rings. The van der Waals surface area contributed by atoms with Crippen LogP contribution in [-0.2, 0) is 4.79 Å². The van der Waals surface area contributed by atoms with Gasteiger partial charge in [0.15, 0.2) is 0 Å². The van der Waals surface area contributed by atoms with E-state index in [4.69, 9.17) is 0 Å². The van der Waals surface area contributed by atoms with Crippen LogP contribution in [0.3, 0.4) is 0 Å². The van der Waals surface area contributed by atoms with Crippen LogP contribution in [0.4, 0.5) is 0 Å². The number of carbonyl (C=O) groups excluding carboxylic acids is 1. The van der Waals surface area contributed by atoms with Gasteiger partial charge >= 0.3 is 0 Å². The third kappa shape index (κ3) is 1.45. The van der Waals surface area contributed by atoms with Gasteiger partial charge in [0.05, 0.1) is 0 Å². The highest BCUT2D eigenvalue weighted by atomic mass is 16.1. The lowest BCUT2D eigenvalue weighted by Crippen LogP contribution is -2.34. The Kier molecular flexibility index (Phi) is 1.94. The van der Waals surface area contributed by atoms with E-state index in [1.54, 1.807) is 0 Å². The average Bonchev–Trinajstić information content (AvgIpc) is 1.82. The summed E-state index contributed by atoms with van der Waals surface area (Å²) in [5.41, 5.74) is 1.05. The fourth-order valence-corrected chi connectivity index (χ4v) is 1.67. The minimum atomic E-state index is -0.227. The second-order valence-corrected chi connectivity index (χ2v) is 5.04. The van der Waals surface area contributed by atoms with E-state index in [0.29, 0.717) is 12.2 Å². The average molecular weight is 166 g/mol. The van der Waals surface area contributed by atoms with Crippen molar-refractivity contribution in [2.75, 3.05) is 0 Å². The first-order chi connectivity index (χ1) is 5.26. The zero-order chi connectivity index (χ0) is 9.57. The van der Waals surface area contributed by atoms with Crippen LogP contribution in [-0.4, -0.2) is 5.78 Å². The number of rotatable bonds is 0. The summed E-state index contributed by atoms with van der Waals surface area (Å²) in [5.74, 6) is 0.368. The van der Waals surface area contributed by atoms with Gasteiger partial charge in [-0.3, -0.25) is 4.79 Å². The number of ketones is 1. The van der Waals surface area contributed by atoms with Gasteiger partial charge in [-0.05, 0) is 26.2 Å². The molecular formula is C11H18O. The summed E-state index contributed by atoms with van der Waals surface area (Å²) in [6.45, 7) is 10.3. The summed E-state index contributed by atoms with van der Waals surface area (Å²) in [7, 11) is 0. The molecule has 0 bridgehead atoms. The van der Waals surface area contributed by atoms with E-state index >= 15 is 0 Å². The molecule has 0 aromatic rings. The predicted octanol–water partition coefficient (Wildman–Crippen LogP) is 2.96. The molecule has 0 atom stereocenters. The van der Waals surface area contributed by atoms with Crippen molar-refractivity contribution in [3.05, 3.63) is 11.6 Å². The lowest BCUT2D eigenvalue weighted by Gasteiger charge is -2.36. The van der Waals surface area contributed by atoms with Crippen molar-refractivity contribution in [3.8, 4) is 0 Å². The monoisotopic (exact) mass is 166 g/mol. The van der Waals surface area contributed by atoms with E-state index in [-0.39, 0.29) is 10.8 Å². The highest BCUT2D eigenvalue weighted by molar-refractivity contribution is 5.89. The molecule has 0 aromatic carbocycles. The topological polar surface area (TPSA) is 17.1 Å². The second-order valence-electron chi connectivity index (χ2n) is 5.04. The van der Waals surface area contributed by atoms with Crippen molar-refractivity contribution in [3.63, 3.8) is 0 Å². The molecule has 0 amide bonds. The smallest absolute Gasteiger partial charge is 0.143 e.